The summed E-state index contributed by atoms with van der Waals surface area (Å²) in [5, 5.41) is 0. The molecule has 1 aromatic rings. The molecule has 0 N–H and O–H groups in total. The van der Waals surface area contributed by atoms with Crippen molar-refractivity contribution in [2.24, 2.45) is 23.7 Å². The van der Waals surface area contributed by atoms with Gasteiger partial charge in [0.25, 0.3) is 0 Å². The standard InChI is InChI=1S/C21H25FO5/c1-12-3-8-17-15(11-13-4-6-14(22)7-5-13)18(23)24-19-21(17)16(12)9-10-20(2,25-19)26-27-21/h4-7,12,15-17,19H,3,8-11H2,1-2H3/t12-,15+,16+,17+,19-,20+,21-/m1/s1. The molecule has 4 saturated heterocycles. The molecule has 5 aliphatic rings. The van der Waals surface area contributed by atoms with Crippen LogP contribution in [0.2, 0.25) is 0 Å². The number of carbonyl (C=O) groups is 1. The summed E-state index contributed by atoms with van der Waals surface area (Å²) in [6.07, 6.45) is 3.31. The SMILES string of the molecule is C[C@@H]1CC[C@H]2[C@H](Cc3ccc(F)cc3)C(=O)O[C@@H]3O[C@]4(C)CC[C@@H]1[C@]32OO4. The summed E-state index contributed by atoms with van der Waals surface area (Å²) in [5.74, 6) is -1.14. The van der Waals surface area contributed by atoms with Crippen molar-refractivity contribution >= 4 is 5.97 Å². The molecule has 6 heteroatoms. The highest BCUT2D eigenvalue weighted by molar-refractivity contribution is 5.75. The van der Waals surface area contributed by atoms with Crippen molar-refractivity contribution in [1.29, 1.82) is 0 Å². The minimum absolute atomic E-state index is 0.0438. The minimum atomic E-state index is -0.873. The first-order valence-corrected chi connectivity index (χ1v) is 9.91. The van der Waals surface area contributed by atoms with E-state index in [4.69, 9.17) is 19.2 Å². The van der Waals surface area contributed by atoms with Crippen molar-refractivity contribution in [3.05, 3.63) is 35.6 Å². The zero-order chi connectivity index (χ0) is 18.8. The molecule has 27 heavy (non-hydrogen) atoms. The third-order valence-electron chi connectivity index (χ3n) is 7.16. The Bertz CT molecular complexity index is 751. The van der Waals surface area contributed by atoms with Crippen LogP contribution in [0.5, 0.6) is 0 Å². The van der Waals surface area contributed by atoms with Crippen LogP contribution in [0, 0.1) is 29.5 Å². The van der Waals surface area contributed by atoms with Crippen molar-refractivity contribution in [3.8, 4) is 0 Å². The van der Waals surface area contributed by atoms with E-state index in [2.05, 4.69) is 6.92 Å². The first-order chi connectivity index (χ1) is 12.9. The van der Waals surface area contributed by atoms with Crippen LogP contribution in [-0.2, 0) is 30.5 Å². The second-order valence-corrected chi connectivity index (χ2v) is 8.78. The van der Waals surface area contributed by atoms with Gasteiger partial charge in [0.2, 0.25) is 12.1 Å². The number of esters is 1. The number of carbonyl (C=O) groups excluding carboxylic acids is 1. The Kier molecular flexibility index (Phi) is 3.91. The zero-order valence-electron chi connectivity index (χ0n) is 15.7. The smallest absolute Gasteiger partial charge is 0.312 e. The fourth-order valence-corrected chi connectivity index (χ4v) is 5.72. The van der Waals surface area contributed by atoms with Gasteiger partial charge >= 0.3 is 5.97 Å². The maximum absolute atomic E-state index is 13.3. The molecule has 2 bridgehead atoms. The van der Waals surface area contributed by atoms with E-state index in [1.807, 2.05) is 6.92 Å². The molecule has 4 aliphatic heterocycles. The molecule has 5 fully saturated rings. The lowest BCUT2D eigenvalue weighted by Gasteiger charge is -2.58. The molecule has 1 saturated carbocycles. The van der Waals surface area contributed by atoms with E-state index in [1.54, 1.807) is 12.1 Å². The van der Waals surface area contributed by atoms with E-state index in [1.165, 1.54) is 12.1 Å². The molecule has 0 radical (unpaired) electrons. The topological polar surface area (TPSA) is 54.0 Å². The predicted molar refractivity (Wildman–Crippen MR) is 92.5 cm³/mol. The lowest BCUT2D eigenvalue weighted by molar-refractivity contribution is -0.559. The number of hydrogen-bond acceptors (Lipinski definition) is 5. The predicted octanol–water partition coefficient (Wildman–Crippen LogP) is 3.76. The number of fused-ring (bicyclic) bond motifs is 2. The van der Waals surface area contributed by atoms with E-state index in [9.17, 15) is 9.18 Å². The second-order valence-electron chi connectivity index (χ2n) is 8.78. The van der Waals surface area contributed by atoms with E-state index in [0.717, 1.165) is 24.8 Å². The molecule has 4 heterocycles. The van der Waals surface area contributed by atoms with Gasteiger partial charge in [0.05, 0.1) is 5.92 Å². The van der Waals surface area contributed by atoms with Gasteiger partial charge in [0, 0.05) is 18.3 Å². The van der Waals surface area contributed by atoms with Gasteiger partial charge in [-0.15, -0.1) is 0 Å². The molecule has 7 atom stereocenters. The monoisotopic (exact) mass is 376 g/mol. The highest BCUT2D eigenvalue weighted by atomic mass is 19.1. The molecule has 0 amide bonds. The van der Waals surface area contributed by atoms with Gasteiger partial charge in [-0.3, -0.25) is 4.79 Å². The van der Waals surface area contributed by atoms with Crippen molar-refractivity contribution in [2.45, 2.75) is 63.6 Å². The van der Waals surface area contributed by atoms with E-state index in [-0.39, 0.29) is 29.5 Å². The molecule has 0 unspecified atom stereocenters. The second kappa shape index (κ2) is 6.00. The van der Waals surface area contributed by atoms with Crippen LogP contribution in [0.1, 0.15) is 45.1 Å². The Balaban J connectivity index is 1.53. The molecule has 5 nitrogen and oxygen atoms in total. The lowest BCUT2D eigenvalue weighted by atomic mass is 9.57. The van der Waals surface area contributed by atoms with Crippen molar-refractivity contribution in [3.63, 3.8) is 0 Å². The highest BCUT2D eigenvalue weighted by Crippen LogP contribution is 2.60. The summed E-state index contributed by atoms with van der Waals surface area (Å²) in [5.41, 5.74) is 0.159. The van der Waals surface area contributed by atoms with Gasteiger partial charge in [0.1, 0.15) is 5.82 Å². The average molecular weight is 376 g/mol. The Hall–Kier alpha value is -1.50. The quantitative estimate of drug-likeness (QED) is 0.581. The van der Waals surface area contributed by atoms with Crippen LogP contribution >= 0.6 is 0 Å². The van der Waals surface area contributed by atoms with Gasteiger partial charge < -0.3 is 9.47 Å². The van der Waals surface area contributed by atoms with Gasteiger partial charge in [-0.25, -0.2) is 14.2 Å². The maximum atomic E-state index is 13.3. The van der Waals surface area contributed by atoms with Crippen LogP contribution in [0.15, 0.2) is 24.3 Å². The summed E-state index contributed by atoms with van der Waals surface area (Å²) in [6, 6.07) is 6.32. The van der Waals surface area contributed by atoms with Crippen LogP contribution in [0.3, 0.4) is 0 Å². The first-order valence-electron chi connectivity index (χ1n) is 9.91. The van der Waals surface area contributed by atoms with Crippen LogP contribution in [0.25, 0.3) is 0 Å². The summed E-state index contributed by atoms with van der Waals surface area (Å²) in [4.78, 5) is 24.7. The van der Waals surface area contributed by atoms with Crippen molar-refractivity contribution in [2.75, 3.05) is 0 Å². The first kappa shape index (κ1) is 17.6. The fraction of sp³-hybridized carbons (Fsp3) is 0.667. The molecular weight excluding hydrogens is 351 g/mol. The summed E-state index contributed by atoms with van der Waals surface area (Å²) >= 11 is 0. The molecule has 1 aromatic carbocycles. The van der Waals surface area contributed by atoms with E-state index in [0.29, 0.717) is 18.8 Å². The maximum Gasteiger partial charge on any atom is 0.312 e. The van der Waals surface area contributed by atoms with Crippen molar-refractivity contribution < 1.29 is 28.4 Å². The number of rotatable bonds is 2. The molecule has 1 aliphatic carbocycles. The van der Waals surface area contributed by atoms with Crippen LogP contribution < -0.4 is 0 Å². The number of halogens is 1. The van der Waals surface area contributed by atoms with E-state index >= 15 is 0 Å². The van der Waals surface area contributed by atoms with Gasteiger partial charge in [-0.1, -0.05) is 19.1 Å². The summed E-state index contributed by atoms with van der Waals surface area (Å²) < 4.78 is 25.2. The Morgan fingerprint density at radius 3 is 2.67 bits per heavy atom. The number of hydrogen-bond donors (Lipinski definition) is 0. The average Bonchev–Trinajstić information content (AvgIpc) is 2.87. The Labute approximate surface area is 158 Å². The molecular formula is C21H25FO5. The van der Waals surface area contributed by atoms with Crippen LogP contribution in [-0.4, -0.2) is 23.6 Å². The highest BCUT2D eigenvalue weighted by Gasteiger charge is 2.70. The molecule has 146 valence electrons. The third kappa shape index (κ3) is 2.57. The number of benzene rings is 1. The normalized spacial score (nSPS) is 45.7. The summed E-state index contributed by atoms with van der Waals surface area (Å²) in [7, 11) is 0. The fourth-order valence-electron chi connectivity index (χ4n) is 5.72. The zero-order valence-corrected chi connectivity index (χ0v) is 15.7. The van der Waals surface area contributed by atoms with Crippen LogP contribution in [0.4, 0.5) is 4.39 Å². The molecule has 0 aromatic heterocycles. The Morgan fingerprint density at radius 2 is 1.89 bits per heavy atom. The largest absolute Gasteiger partial charge is 0.432 e. The van der Waals surface area contributed by atoms with Crippen molar-refractivity contribution in [1.82, 2.24) is 0 Å². The summed E-state index contributed by atoms with van der Waals surface area (Å²) in [6.45, 7) is 4.08. The van der Waals surface area contributed by atoms with Gasteiger partial charge in [-0.05, 0) is 56.2 Å². The van der Waals surface area contributed by atoms with Gasteiger partial charge in [0.15, 0.2) is 5.60 Å². The Morgan fingerprint density at radius 1 is 1.11 bits per heavy atom. The third-order valence-corrected chi connectivity index (χ3v) is 7.16. The number of ether oxygens (including phenoxy) is 2. The van der Waals surface area contributed by atoms with Gasteiger partial charge in [-0.2, -0.15) is 0 Å². The molecule has 6 rings (SSSR count). The molecule has 1 spiro atoms. The lowest BCUT2D eigenvalue weighted by Crippen LogP contribution is -2.70. The minimum Gasteiger partial charge on any atom is -0.432 e. The van der Waals surface area contributed by atoms with E-state index < -0.39 is 17.7 Å².